The minimum atomic E-state index is -0.590. The van der Waals surface area contributed by atoms with Gasteiger partial charge in [-0.1, -0.05) is 47.5 Å². The maximum atomic E-state index is 12.7. The number of phenolic OH excluding ortho intramolecular Hbond substituents is 1. The second kappa shape index (κ2) is 9.07. The fourth-order valence-corrected chi connectivity index (χ4v) is 5.21. The summed E-state index contributed by atoms with van der Waals surface area (Å²) in [4.78, 5) is 26.5. The van der Waals surface area contributed by atoms with Crippen molar-refractivity contribution in [3.05, 3.63) is 63.6 Å². The molecular formula is C20H20Cl2N2O3S. The Bertz CT molecular complexity index is 894. The van der Waals surface area contributed by atoms with Gasteiger partial charge in [0.05, 0.1) is 0 Å². The Morgan fingerprint density at radius 1 is 1.25 bits per heavy atom. The fourth-order valence-electron chi connectivity index (χ4n) is 3.19. The molecule has 0 bridgehead atoms. The van der Waals surface area contributed by atoms with Crippen molar-refractivity contribution in [3.8, 4) is 5.75 Å². The molecule has 28 heavy (non-hydrogen) atoms. The molecule has 8 heteroatoms. The van der Waals surface area contributed by atoms with Gasteiger partial charge in [-0.05, 0) is 30.2 Å². The summed E-state index contributed by atoms with van der Waals surface area (Å²) in [5, 5.41) is 13.8. The largest absolute Gasteiger partial charge is 0.508 e. The summed E-state index contributed by atoms with van der Waals surface area (Å²) >= 11 is 13.5. The van der Waals surface area contributed by atoms with E-state index in [0.29, 0.717) is 34.3 Å². The van der Waals surface area contributed by atoms with Crippen LogP contribution in [0.2, 0.25) is 10.0 Å². The van der Waals surface area contributed by atoms with Crippen molar-refractivity contribution in [2.45, 2.75) is 24.8 Å². The summed E-state index contributed by atoms with van der Waals surface area (Å²) < 4.78 is 0. The molecule has 2 aromatic carbocycles. The monoisotopic (exact) mass is 438 g/mol. The molecular weight excluding hydrogens is 419 g/mol. The number of nitrogens with one attached hydrogen (secondary N) is 1. The lowest BCUT2D eigenvalue weighted by Gasteiger charge is -2.28. The Balaban J connectivity index is 1.66. The number of hydrogen-bond donors (Lipinski definition) is 2. The van der Waals surface area contributed by atoms with Crippen molar-refractivity contribution in [1.29, 1.82) is 0 Å². The summed E-state index contributed by atoms with van der Waals surface area (Å²) in [6.45, 7) is 1.83. The number of aromatic hydroxyl groups is 1. The Labute approximate surface area is 178 Å². The SMILES string of the molecule is CC(=O)N1[C@H](C(=O)NCCc2ccc(Cl)cc2Cl)CS[C@H]1c1ccccc1O. The summed E-state index contributed by atoms with van der Waals surface area (Å²) in [7, 11) is 0. The second-order valence-corrected chi connectivity index (χ2v) is 8.42. The molecule has 1 saturated heterocycles. The number of thioether (sulfide) groups is 1. The summed E-state index contributed by atoms with van der Waals surface area (Å²) in [5.41, 5.74) is 1.52. The van der Waals surface area contributed by atoms with Gasteiger partial charge in [0, 0.05) is 34.8 Å². The van der Waals surface area contributed by atoms with E-state index in [9.17, 15) is 14.7 Å². The average molecular weight is 439 g/mol. The first-order valence-corrected chi connectivity index (χ1v) is 10.6. The first-order valence-electron chi connectivity index (χ1n) is 8.78. The number of carbonyl (C=O) groups excluding carboxylic acids is 2. The quantitative estimate of drug-likeness (QED) is 0.739. The normalized spacial score (nSPS) is 18.9. The zero-order valence-corrected chi connectivity index (χ0v) is 17.5. The third-order valence-electron chi connectivity index (χ3n) is 4.58. The minimum absolute atomic E-state index is 0.115. The molecule has 3 rings (SSSR count). The van der Waals surface area contributed by atoms with E-state index in [1.54, 1.807) is 36.4 Å². The fraction of sp³-hybridized carbons (Fsp3) is 0.300. The average Bonchev–Trinajstić information content (AvgIpc) is 3.09. The van der Waals surface area contributed by atoms with E-state index in [0.717, 1.165) is 5.56 Å². The van der Waals surface area contributed by atoms with Crippen LogP contribution in [0.15, 0.2) is 42.5 Å². The number of rotatable bonds is 5. The summed E-state index contributed by atoms with van der Waals surface area (Å²) in [6.07, 6.45) is 0.560. The van der Waals surface area contributed by atoms with Gasteiger partial charge in [-0.2, -0.15) is 0 Å². The smallest absolute Gasteiger partial charge is 0.243 e. The molecule has 2 amide bonds. The highest BCUT2D eigenvalue weighted by molar-refractivity contribution is 7.99. The van der Waals surface area contributed by atoms with Crippen LogP contribution in [-0.2, 0) is 16.0 Å². The van der Waals surface area contributed by atoms with Crippen LogP contribution < -0.4 is 5.32 Å². The predicted molar refractivity (Wildman–Crippen MR) is 113 cm³/mol. The lowest BCUT2D eigenvalue weighted by atomic mass is 10.1. The number of nitrogens with zero attached hydrogens (tertiary/aromatic N) is 1. The molecule has 0 saturated carbocycles. The van der Waals surface area contributed by atoms with Crippen molar-refractivity contribution < 1.29 is 14.7 Å². The Morgan fingerprint density at radius 3 is 2.68 bits per heavy atom. The molecule has 148 valence electrons. The molecule has 1 aliphatic heterocycles. The zero-order valence-electron chi connectivity index (χ0n) is 15.2. The van der Waals surface area contributed by atoms with Crippen LogP contribution in [0.4, 0.5) is 0 Å². The maximum absolute atomic E-state index is 12.7. The Hall–Kier alpha value is -1.89. The molecule has 0 radical (unpaired) electrons. The number of hydrogen-bond acceptors (Lipinski definition) is 4. The van der Waals surface area contributed by atoms with Gasteiger partial charge in [0.2, 0.25) is 11.8 Å². The van der Waals surface area contributed by atoms with Crippen LogP contribution >= 0.6 is 35.0 Å². The van der Waals surface area contributed by atoms with Gasteiger partial charge in [0.25, 0.3) is 0 Å². The van der Waals surface area contributed by atoms with Crippen LogP contribution in [0, 0.1) is 0 Å². The first kappa shape index (κ1) is 20.8. The lowest BCUT2D eigenvalue weighted by Crippen LogP contribution is -2.47. The molecule has 5 nitrogen and oxygen atoms in total. The van der Waals surface area contributed by atoms with E-state index in [-0.39, 0.29) is 22.9 Å². The maximum Gasteiger partial charge on any atom is 0.243 e. The summed E-state index contributed by atoms with van der Waals surface area (Å²) in [5.74, 6) is 0.154. The number of amides is 2. The molecule has 0 aliphatic carbocycles. The van der Waals surface area contributed by atoms with Gasteiger partial charge in [0.15, 0.2) is 0 Å². The van der Waals surface area contributed by atoms with Crippen molar-refractivity contribution in [2.24, 2.45) is 0 Å². The Morgan fingerprint density at radius 2 is 2.00 bits per heavy atom. The molecule has 1 heterocycles. The summed E-state index contributed by atoms with van der Waals surface area (Å²) in [6, 6.07) is 11.5. The van der Waals surface area contributed by atoms with Crippen molar-refractivity contribution >= 4 is 46.8 Å². The van der Waals surface area contributed by atoms with E-state index < -0.39 is 6.04 Å². The van der Waals surface area contributed by atoms with Crippen LogP contribution in [0.25, 0.3) is 0 Å². The van der Waals surface area contributed by atoms with E-state index in [4.69, 9.17) is 23.2 Å². The van der Waals surface area contributed by atoms with Gasteiger partial charge in [-0.3, -0.25) is 9.59 Å². The zero-order chi connectivity index (χ0) is 20.3. The number of para-hydroxylation sites is 1. The molecule has 0 aromatic heterocycles. The van der Waals surface area contributed by atoms with Crippen molar-refractivity contribution in [2.75, 3.05) is 12.3 Å². The molecule has 0 spiro atoms. The van der Waals surface area contributed by atoms with Crippen molar-refractivity contribution in [3.63, 3.8) is 0 Å². The van der Waals surface area contributed by atoms with Crippen LogP contribution in [0.3, 0.4) is 0 Å². The Kier molecular flexibility index (Phi) is 6.75. The number of phenols is 1. The highest BCUT2D eigenvalue weighted by Crippen LogP contribution is 2.44. The van der Waals surface area contributed by atoms with Gasteiger partial charge in [0.1, 0.15) is 17.2 Å². The lowest BCUT2D eigenvalue weighted by molar-refractivity contribution is -0.138. The predicted octanol–water partition coefficient (Wildman–Crippen LogP) is 4.02. The van der Waals surface area contributed by atoms with Crippen molar-refractivity contribution in [1.82, 2.24) is 10.2 Å². The molecule has 2 aromatic rings. The molecule has 0 unspecified atom stereocenters. The van der Waals surface area contributed by atoms with Crippen LogP contribution in [0.5, 0.6) is 5.75 Å². The molecule has 1 aliphatic rings. The van der Waals surface area contributed by atoms with Crippen LogP contribution in [-0.4, -0.2) is 40.2 Å². The molecule has 2 atom stereocenters. The minimum Gasteiger partial charge on any atom is -0.508 e. The first-order chi connectivity index (χ1) is 13.4. The highest BCUT2D eigenvalue weighted by Gasteiger charge is 2.41. The molecule has 1 fully saturated rings. The second-order valence-electron chi connectivity index (χ2n) is 6.46. The van der Waals surface area contributed by atoms with Gasteiger partial charge in [-0.25, -0.2) is 0 Å². The van der Waals surface area contributed by atoms with E-state index >= 15 is 0 Å². The van der Waals surface area contributed by atoms with Gasteiger partial charge < -0.3 is 15.3 Å². The van der Waals surface area contributed by atoms with Crippen LogP contribution in [0.1, 0.15) is 23.4 Å². The number of benzene rings is 2. The third-order valence-corrected chi connectivity index (χ3v) is 6.47. The van der Waals surface area contributed by atoms with E-state index in [1.165, 1.54) is 23.6 Å². The topological polar surface area (TPSA) is 69.6 Å². The van der Waals surface area contributed by atoms with E-state index in [1.807, 2.05) is 6.07 Å². The standard InChI is InChI=1S/C20H20Cl2N2O3S/c1-12(25)24-17(11-28-20(24)15-4-2-3-5-18(15)26)19(27)23-9-8-13-6-7-14(21)10-16(13)22/h2-7,10,17,20,26H,8-9,11H2,1H3,(H,23,27)/t17-,20-/m0/s1. The molecule has 2 N–H and O–H groups in total. The van der Waals surface area contributed by atoms with E-state index in [2.05, 4.69) is 5.32 Å². The third kappa shape index (κ3) is 4.57. The van der Waals surface area contributed by atoms with Gasteiger partial charge in [-0.15, -0.1) is 11.8 Å². The van der Waals surface area contributed by atoms with Gasteiger partial charge >= 0.3 is 0 Å². The number of halogens is 2. The highest BCUT2D eigenvalue weighted by atomic mass is 35.5. The number of carbonyl (C=O) groups is 2.